The highest BCUT2D eigenvalue weighted by Gasteiger charge is 2.10. The van der Waals surface area contributed by atoms with E-state index in [9.17, 15) is 0 Å². The molecule has 2 aromatic heterocycles. The number of nitrogens with zero attached hydrogens (tertiary/aromatic N) is 3. The summed E-state index contributed by atoms with van der Waals surface area (Å²) in [5.41, 5.74) is 0. The molecule has 0 aliphatic rings. The number of aryl methyl sites for hydroxylation is 1. The van der Waals surface area contributed by atoms with Crippen LogP contribution in [0.3, 0.4) is 0 Å². The number of rotatable bonds is 5. The molecule has 2 rings (SSSR count). The van der Waals surface area contributed by atoms with Gasteiger partial charge in [0.1, 0.15) is 21.8 Å². The van der Waals surface area contributed by atoms with E-state index < -0.39 is 0 Å². The molecule has 2 aromatic rings. The van der Waals surface area contributed by atoms with Crippen molar-refractivity contribution < 1.29 is 0 Å². The highest BCUT2D eigenvalue weighted by Crippen LogP contribution is 2.21. The number of halogens is 1. The minimum Gasteiger partial charge on any atom is -0.361 e. The first-order valence-electron chi connectivity index (χ1n) is 5.88. The molecule has 0 saturated heterocycles. The van der Waals surface area contributed by atoms with Crippen molar-refractivity contribution >= 4 is 28.8 Å². The lowest BCUT2D eigenvalue weighted by molar-refractivity contribution is 0.816. The number of hydrogen-bond donors (Lipinski definition) is 1. The second-order valence-corrected chi connectivity index (χ2v) is 5.29. The van der Waals surface area contributed by atoms with Gasteiger partial charge in [-0.1, -0.05) is 18.5 Å². The maximum Gasteiger partial charge on any atom is 0.134 e. The zero-order chi connectivity index (χ0) is 13.0. The lowest BCUT2D eigenvalue weighted by Crippen LogP contribution is -2.09. The molecule has 0 fully saturated rings. The molecule has 0 aliphatic carbocycles. The molecule has 0 spiro atoms. The van der Waals surface area contributed by atoms with Crippen LogP contribution in [-0.4, -0.2) is 15.0 Å². The van der Waals surface area contributed by atoms with E-state index in [-0.39, 0.29) is 6.04 Å². The van der Waals surface area contributed by atoms with Crippen molar-refractivity contribution in [1.82, 2.24) is 15.0 Å². The van der Waals surface area contributed by atoms with Crippen LogP contribution in [0.5, 0.6) is 0 Å². The molecule has 0 radical (unpaired) electrons. The van der Waals surface area contributed by atoms with Gasteiger partial charge in [-0.15, -0.1) is 11.3 Å². The van der Waals surface area contributed by atoms with Gasteiger partial charge < -0.3 is 5.32 Å². The molecule has 18 heavy (non-hydrogen) atoms. The van der Waals surface area contributed by atoms with Gasteiger partial charge in [-0.05, 0) is 13.3 Å². The molecule has 6 heteroatoms. The zero-order valence-electron chi connectivity index (χ0n) is 10.4. The number of nitrogens with one attached hydrogen (secondary N) is 1. The molecule has 0 amide bonds. The molecule has 0 bridgehead atoms. The van der Waals surface area contributed by atoms with Gasteiger partial charge in [0.15, 0.2) is 0 Å². The summed E-state index contributed by atoms with van der Waals surface area (Å²) in [6.45, 7) is 4.14. The second-order valence-electron chi connectivity index (χ2n) is 3.98. The van der Waals surface area contributed by atoms with E-state index in [1.165, 1.54) is 0 Å². The third-order valence-corrected chi connectivity index (χ3v) is 3.55. The quantitative estimate of drug-likeness (QED) is 0.850. The van der Waals surface area contributed by atoms with Crippen LogP contribution >= 0.6 is 22.9 Å². The minimum absolute atomic E-state index is 0.116. The average Bonchev–Trinajstić information content (AvgIpc) is 2.81. The van der Waals surface area contributed by atoms with Crippen LogP contribution in [0.1, 0.15) is 37.1 Å². The average molecular weight is 283 g/mol. The van der Waals surface area contributed by atoms with Crippen molar-refractivity contribution in [2.75, 3.05) is 5.32 Å². The van der Waals surface area contributed by atoms with Crippen LogP contribution in [0.25, 0.3) is 0 Å². The van der Waals surface area contributed by atoms with Gasteiger partial charge >= 0.3 is 0 Å². The summed E-state index contributed by atoms with van der Waals surface area (Å²) in [6.07, 6.45) is 3.64. The third kappa shape index (κ3) is 3.40. The Morgan fingerprint density at radius 3 is 2.94 bits per heavy atom. The van der Waals surface area contributed by atoms with Crippen LogP contribution in [0.4, 0.5) is 5.82 Å². The number of aromatic nitrogens is 3. The smallest absolute Gasteiger partial charge is 0.134 e. The van der Waals surface area contributed by atoms with Crippen LogP contribution in [0.2, 0.25) is 5.15 Å². The number of thiazole rings is 1. The Hall–Kier alpha value is -1.20. The first kappa shape index (κ1) is 13.2. The van der Waals surface area contributed by atoms with E-state index in [4.69, 9.17) is 11.6 Å². The fraction of sp³-hybridized carbons (Fsp3) is 0.417. The molecule has 96 valence electrons. The highest BCUT2D eigenvalue weighted by atomic mass is 35.5. The van der Waals surface area contributed by atoms with Gasteiger partial charge in [0, 0.05) is 24.1 Å². The summed E-state index contributed by atoms with van der Waals surface area (Å²) >= 11 is 7.61. The van der Waals surface area contributed by atoms with Gasteiger partial charge in [0.05, 0.1) is 6.04 Å². The fourth-order valence-corrected chi connectivity index (χ4v) is 2.45. The molecule has 2 heterocycles. The molecule has 4 nitrogen and oxygen atoms in total. The Bertz CT molecular complexity index is 501. The topological polar surface area (TPSA) is 50.7 Å². The predicted molar refractivity (Wildman–Crippen MR) is 75.2 cm³/mol. The lowest BCUT2D eigenvalue weighted by Gasteiger charge is -2.12. The van der Waals surface area contributed by atoms with E-state index >= 15 is 0 Å². The Balaban J connectivity index is 2.13. The SMILES string of the molecule is CCCc1nc(Cl)cc(NC(C)c2nccs2)n1. The van der Waals surface area contributed by atoms with Crippen LogP contribution in [0.15, 0.2) is 17.6 Å². The molecular weight excluding hydrogens is 268 g/mol. The van der Waals surface area contributed by atoms with Crippen LogP contribution < -0.4 is 5.32 Å². The van der Waals surface area contributed by atoms with Crippen molar-refractivity contribution in [2.45, 2.75) is 32.7 Å². The Morgan fingerprint density at radius 2 is 2.28 bits per heavy atom. The normalized spacial score (nSPS) is 12.4. The molecule has 1 atom stereocenters. The second kappa shape index (κ2) is 6.11. The van der Waals surface area contributed by atoms with Crippen molar-refractivity contribution in [2.24, 2.45) is 0 Å². The molecular formula is C12H15ClN4S. The standard InChI is InChI=1S/C12H15ClN4S/c1-3-4-10-16-9(13)7-11(17-10)15-8(2)12-14-5-6-18-12/h5-8H,3-4H2,1-2H3,(H,15,16,17). The van der Waals surface area contributed by atoms with Gasteiger partial charge in [-0.3, -0.25) is 0 Å². The summed E-state index contributed by atoms with van der Waals surface area (Å²) in [5, 5.41) is 6.76. The van der Waals surface area contributed by atoms with Gasteiger partial charge in [0.2, 0.25) is 0 Å². The molecule has 1 unspecified atom stereocenters. The number of anilines is 1. The zero-order valence-corrected chi connectivity index (χ0v) is 11.9. The maximum atomic E-state index is 5.99. The van der Waals surface area contributed by atoms with Gasteiger partial charge in [-0.25, -0.2) is 15.0 Å². The molecule has 0 saturated carbocycles. The fourth-order valence-electron chi connectivity index (χ4n) is 1.61. The Morgan fingerprint density at radius 1 is 1.44 bits per heavy atom. The predicted octanol–water partition coefficient (Wildman–Crippen LogP) is 3.71. The number of hydrogen-bond acceptors (Lipinski definition) is 5. The summed E-state index contributed by atoms with van der Waals surface area (Å²) in [7, 11) is 0. The molecule has 0 aromatic carbocycles. The van der Waals surface area contributed by atoms with E-state index in [2.05, 4.69) is 27.2 Å². The molecule has 0 aliphatic heterocycles. The third-order valence-electron chi connectivity index (χ3n) is 2.40. The summed E-state index contributed by atoms with van der Waals surface area (Å²) in [6, 6.07) is 1.86. The Kier molecular flexibility index (Phi) is 4.49. The lowest BCUT2D eigenvalue weighted by atomic mass is 10.3. The monoisotopic (exact) mass is 282 g/mol. The van der Waals surface area contributed by atoms with Crippen molar-refractivity contribution in [3.05, 3.63) is 33.6 Å². The van der Waals surface area contributed by atoms with E-state index in [0.717, 1.165) is 29.5 Å². The van der Waals surface area contributed by atoms with E-state index in [1.54, 1.807) is 23.6 Å². The summed E-state index contributed by atoms with van der Waals surface area (Å²) < 4.78 is 0. The van der Waals surface area contributed by atoms with Gasteiger partial charge in [-0.2, -0.15) is 0 Å². The summed E-state index contributed by atoms with van der Waals surface area (Å²) in [4.78, 5) is 12.9. The van der Waals surface area contributed by atoms with Crippen molar-refractivity contribution in [3.8, 4) is 0 Å². The van der Waals surface area contributed by atoms with E-state index in [1.807, 2.05) is 12.3 Å². The first-order chi connectivity index (χ1) is 8.69. The minimum atomic E-state index is 0.116. The summed E-state index contributed by atoms with van der Waals surface area (Å²) in [5.74, 6) is 1.53. The van der Waals surface area contributed by atoms with Crippen LogP contribution in [0, 0.1) is 0 Å². The van der Waals surface area contributed by atoms with Gasteiger partial charge in [0.25, 0.3) is 0 Å². The van der Waals surface area contributed by atoms with E-state index in [0.29, 0.717) is 5.15 Å². The Labute approximate surface area is 115 Å². The largest absolute Gasteiger partial charge is 0.361 e. The van der Waals surface area contributed by atoms with Crippen LogP contribution in [-0.2, 0) is 6.42 Å². The molecule has 1 N–H and O–H groups in total. The van der Waals surface area contributed by atoms with Crippen molar-refractivity contribution in [1.29, 1.82) is 0 Å². The first-order valence-corrected chi connectivity index (χ1v) is 7.14. The van der Waals surface area contributed by atoms with Crippen molar-refractivity contribution in [3.63, 3.8) is 0 Å². The highest BCUT2D eigenvalue weighted by molar-refractivity contribution is 7.09. The maximum absolute atomic E-state index is 5.99.